The Kier molecular flexibility index (Phi) is 4.81. The maximum atomic E-state index is 11.1. The molecule has 1 fully saturated rings. The van der Waals surface area contributed by atoms with E-state index >= 15 is 0 Å². The molecule has 7 unspecified atom stereocenters. The molecule has 0 saturated carbocycles. The Morgan fingerprint density at radius 3 is 2.67 bits per heavy atom. The fourth-order valence-electron chi connectivity index (χ4n) is 2.35. The van der Waals surface area contributed by atoms with Gasteiger partial charge < -0.3 is 30.9 Å². The van der Waals surface area contributed by atoms with Crippen molar-refractivity contribution < 1.29 is 30.0 Å². The van der Waals surface area contributed by atoms with Gasteiger partial charge in [-0.2, -0.15) is 0 Å². The molecule has 8 N–H and O–H groups in total. The van der Waals surface area contributed by atoms with E-state index in [2.05, 4.69) is 10.6 Å². The van der Waals surface area contributed by atoms with Crippen LogP contribution < -0.4 is 16.4 Å². The molecule has 9 nitrogen and oxygen atoms in total. The highest BCUT2D eigenvalue weighted by atomic mass is 16.5. The molecule has 0 radical (unpaired) electrons. The molecular formula is C12H21N3O6. The van der Waals surface area contributed by atoms with E-state index in [0.29, 0.717) is 0 Å². The van der Waals surface area contributed by atoms with Crippen molar-refractivity contribution in [2.75, 3.05) is 6.61 Å². The van der Waals surface area contributed by atoms with Gasteiger partial charge in [0.15, 0.2) is 0 Å². The third-order valence-corrected chi connectivity index (χ3v) is 3.80. The van der Waals surface area contributed by atoms with Crippen molar-refractivity contribution in [2.24, 2.45) is 11.7 Å². The maximum absolute atomic E-state index is 11.1. The minimum absolute atomic E-state index is 0.137. The normalized spacial score (nSPS) is 38.1. The lowest BCUT2D eigenvalue weighted by molar-refractivity contribution is -0.147. The Morgan fingerprint density at radius 1 is 1.57 bits per heavy atom. The van der Waals surface area contributed by atoms with Crippen molar-refractivity contribution in [3.8, 4) is 0 Å². The smallest absolute Gasteiger partial charge is 0.370 e. The predicted molar refractivity (Wildman–Crippen MR) is 70.7 cm³/mol. The average molecular weight is 303 g/mol. The van der Waals surface area contributed by atoms with E-state index in [9.17, 15) is 15.0 Å². The number of nitrogens with one attached hydrogen (secondary N) is 2. The largest absolute Gasteiger partial charge is 0.480 e. The SMILES string of the molecule is CC1C(NC2NC2N)C=C(C(=O)O)OC1C(O)C(O)CO. The van der Waals surface area contributed by atoms with Gasteiger partial charge in [0.05, 0.1) is 18.9 Å². The molecular weight excluding hydrogens is 282 g/mol. The number of nitrogens with two attached hydrogens (primary N) is 1. The van der Waals surface area contributed by atoms with Gasteiger partial charge in [0, 0.05) is 12.0 Å². The van der Waals surface area contributed by atoms with Gasteiger partial charge in [-0.25, -0.2) is 4.79 Å². The van der Waals surface area contributed by atoms with Crippen LogP contribution in [0.4, 0.5) is 0 Å². The van der Waals surface area contributed by atoms with Crippen LogP contribution in [0.2, 0.25) is 0 Å². The van der Waals surface area contributed by atoms with E-state index in [0.717, 1.165) is 0 Å². The highest BCUT2D eigenvalue weighted by Crippen LogP contribution is 2.28. The van der Waals surface area contributed by atoms with Crippen molar-refractivity contribution in [1.29, 1.82) is 0 Å². The summed E-state index contributed by atoms with van der Waals surface area (Å²) < 4.78 is 5.25. The van der Waals surface area contributed by atoms with Gasteiger partial charge in [0.25, 0.3) is 0 Å². The fraction of sp³-hybridized carbons (Fsp3) is 0.750. The van der Waals surface area contributed by atoms with E-state index in [4.69, 9.17) is 20.7 Å². The summed E-state index contributed by atoms with van der Waals surface area (Å²) in [7, 11) is 0. The molecule has 0 aromatic rings. The molecule has 0 aliphatic carbocycles. The van der Waals surface area contributed by atoms with Crippen LogP contribution in [0.5, 0.6) is 0 Å². The van der Waals surface area contributed by atoms with Crippen LogP contribution >= 0.6 is 0 Å². The molecule has 7 atom stereocenters. The second kappa shape index (κ2) is 6.26. The zero-order chi connectivity index (χ0) is 15.7. The topological polar surface area (TPSA) is 167 Å². The Hall–Kier alpha value is -1.23. The van der Waals surface area contributed by atoms with Gasteiger partial charge in [-0.15, -0.1) is 0 Å². The molecule has 0 aromatic heterocycles. The molecule has 2 rings (SSSR count). The summed E-state index contributed by atoms with van der Waals surface area (Å²) in [6, 6.07) is -0.401. The lowest BCUT2D eigenvalue weighted by Gasteiger charge is -2.38. The third kappa shape index (κ3) is 3.51. The van der Waals surface area contributed by atoms with E-state index < -0.39 is 36.9 Å². The van der Waals surface area contributed by atoms with E-state index in [1.165, 1.54) is 6.08 Å². The summed E-state index contributed by atoms with van der Waals surface area (Å²) in [6.07, 6.45) is -2.70. The van der Waals surface area contributed by atoms with Crippen molar-refractivity contribution in [2.45, 2.75) is 43.6 Å². The highest BCUT2D eigenvalue weighted by molar-refractivity contribution is 5.84. The lowest BCUT2D eigenvalue weighted by atomic mass is 9.87. The fourth-order valence-corrected chi connectivity index (χ4v) is 2.35. The minimum Gasteiger partial charge on any atom is -0.480 e. The first-order valence-electron chi connectivity index (χ1n) is 6.71. The summed E-state index contributed by atoms with van der Waals surface area (Å²) >= 11 is 0. The first-order chi connectivity index (χ1) is 9.85. The Labute approximate surface area is 121 Å². The third-order valence-electron chi connectivity index (χ3n) is 3.80. The molecule has 2 aliphatic rings. The highest BCUT2D eigenvalue weighted by Gasteiger charge is 2.43. The van der Waals surface area contributed by atoms with Crippen molar-refractivity contribution in [3.05, 3.63) is 11.8 Å². The van der Waals surface area contributed by atoms with Gasteiger partial charge in [0.2, 0.25) is 5.76 Å². The first kappa shape index (κ1) is 16.1. The molecule has 0 amide bonds. The number of hydrogen-bond donors (Lipinski definition) is 7. The standard InChI is InChI=1S/C12H21N3O6/c1-4-5(14-11-10(13)15-11)2-7(12(19)20)21-9(4)8(18)6(17)3-16/h2,4-6,8-11,14-18H,3,13H2,1H3,(H,19,20). The van der Waals surface area contributed by atoms with E-state index in [1.807, 2.05) is 0 Å². The van der Waals surface area contributed by atoms with Crippen LogP contribution in [-0.2, 0) is 9.53 Å². The summed E-state index contributed by atoms with van der Waals surface area (Å²) in [5, 5.41) is 43.6. The van der Waals surface area contributed by atoms with Crippen LogP contribution in [-0.4, -0.2) is 69.7 Å². The molecule has 0 aromatic carbocycles. The lowest BCUT2D eigenvalue weighted by Crippen LogP contribution is -2.53. The summed E-state index contributed by atoms with van der Waals surface area (Å²) in [4.78, 5) is 11.1. The quantitative estimate of drug-likeness (QED) is 0.251. The van der Waals surface area contributed by atoms with Crippen LogP contribution in [0, 0.1) is 5.92 Å². The first-order valence-corrected chi connectivity index (χ1v) is 6.71. The average Bonchev–Trinajstić information content (AvgIpc) is 3.14. The monoisotopic (exact) mass is 303 g/mol. The molecule has 21 heavy (non-hydrogen) atoms. The predicted octanol–water partition coefficient (Wildman–Crippen LogP) is -3.12. The zero-order valence-electron chi connectivity index (χ0n) is 11.5. The number of ether oxygens (including phenoxy) is 1. The number of aliphatic hydroxyl groups excluding tert-OH is 3. The summed E-state index contributed by atoms with van der Waals surface area (Å²) in [5.41, 5.74) is 5.62. The van der Waals surface area contributed by atoms with Crippen molar-refractivity contribution in [3.63, 3.8) is 0 Å². The maximum Gasteiger partial charge on any atom is 0.370 e. The number of carboxylic acids is 1. The number of hydrogen-bond acceptors (Lipinski definition) is 8. The molecule has 1 saturated heterocycles. The number of aliphatic hydroxyl groups is 3. The number of carboxylic acid groups (broad SMARTS) is 1. The van der Waals surface area contributed by atoms with Gasteiger partial charge in [-0.05, 0) is 6.08 Å². The second-order valence-corrected chi connectivity index (χ2v) is 5.38. The van der Waals surface area contributed by atoms with Crippen LogP contribution in [0.15, 0.2) is 11.8 Å². The number of carbonyl (C=O) groups is 1. The van der Waals surface area contributed by atoms with Crippen LogP contribution in [0.25, 0.3) is 0 Å². The molecule has 2 aliphatic heterocycles. The van der Waals surface area contributed by atoms with E-state index in [-0.39, 0.29) is 24.0 Å². The molecule has 120 valence electrons. The van der Waals surface area contributed by atoms with Crippen LogP contribution in [0.3, 0.4) is 0 Å². The molecule has 9 heteroatoms. The van der Waals surface area contributed by atoms with Crippen LogP contribution in [0.1, 0.15) is 6.92 Å². The number of aliphatic carboxylic acids is 1. The zero-order valence-corrected chi connectivity index (χ0v) is 11.5. The van der Waals surface area contributed by atoms with E-state index in [1.54, 1.807) is 6.92 Å². The van der Waals surface area contributed by atoms with Gasteiger partial charge in [0.1, 0.15) is 18.3 Å². The Bertz CT molecular complexity index is 431. The van der Waals surface area contributed by atoms with Crippen molar-refractivity contribution >= 4 is 5.97 Å². The minimum atomic E-state index is -1.41. The Morgan fingerprint density at radius 2 is 2.19 bits per heavy atom. The van der Waals surface area contributed by atoms with Crippen molar-refractivity contribution in [1.82, 2.24) is 10.6 Å². The Balaban J connectivity index is 2.15. The number of rotatable bonds is 6. The molecule has 2 heterocycles. The van der Waals surface area contributed by atoms with Gasteiger partial charge in [-0.3, -0.25) is 10.6 Å². The summed E-state index contributed by atoms with van der Waals surface area (Å²) in [6.45, 7) is 1.10. The molecule has 0 spiro atoms. The van der Waals surface area contributed by atoms with Gasteiger partial charge >= 0.3 is 5.97 Å². The summed E-state index contributed by atoms with van der Waals surface area (Å²) in [5.74, 6) is -1.91. The second-order valence-electron chi connectivity index (χ2n) is 5.38. The van der Waals surface area contributed by atoms with Gasteiger partial charge in [-0.1, -0.05) is 6.92 Å². The molecule has 0 bridgehead atoms.